The molecule has 0 atom stereocenters. The van der Waals surface area contributed by atoms with Crippen LogP contribution in [0.5, 0.6) is 0 Å². The third-order valence-electron chi connectivity index (χ3n) is 2.45. The van der Waals surface area contributed by atoms with Crippen LogP contribution in [-0.2, 0) is 7.05 Å². The summed E-state index contributed by atoms with van der Waals surface area (Å²) in [6, 6.07) is 3.92. The van der Waals surface area contributed by atoms with Crippen LogP contribution >= 0.6 is 0 Å². The van der Waals surface area contributed by atoms with Crippen molar-refractivity contribution < 1.29 is 9.31 Å². The number of hydrogen-bond acceptors (Lipinski definition) is 4. The lowest BCUT2D eigenvalue weighted by molar-refractivity contribution is -0.386. The van der Waals surface area contributed by atoms with Gasteiger partial charge in [0.25, 0.3) is 0 Å². The summed E-state index contributed by atoms with van der Waals surface area (Å²) in [5.41, 5.74) is 0.819. The first kappa shape index (κ1) is 12.0. The van der Waals surface area contributed by atoms with E-state index in [2.05, 4.69) is 10.4 Å². The predicted octanol–water partition coefficient (Wildman–Crippen LogP) is 2.52. The molecule has 0 saturated carbocycles. The topological polar surface area (TPSA) is 73.0 Å². The van der Waals surface area contributed by atoms with Crippen LogP contribution in [0.15, 0.2) is 24.4 Å². The Hall–Kier alpha value is -2.44. The molecule has 0 aliphatic carbocycles. The van der Waals surface area contributed by atoms with Gasteiger partial charge in [-0.2, -0.15) is 9.49 Å². The van der Waals surface area contributed by atoms with Crippen molar-refractivity contribution in [2.24, 2.45) is 7.05 Å². The van der Waals surface area contributed by atoms with Crippen LogP contribution in [-0.4, -0.2) is 14.7 Å². The van der Waals surface area contributed by atoms with Gasteiger partial charge in [-0.15, -0.1) is 0 Å². The molecule has 6 nitrogen and oxygen atoms in total. The highest BCUT2D eigenvalue weighted by molar-refractivity contribution is 5.70. The predicted molar refractivity (Wildman–Crippen MR) is 64.3 cm³/mol. The molecule has 7 heteroatoms. The van der Waals surface area contributed by atoms with E-state index >= 15 is 0 Å². The summed E-state index contributed by atoms with van der Waals surface area (Å²) in [5.74, 6) is -0.869. The molecule has 2 aromatic rings. The third kappa shape index (κ3) is 2.15. The molecule has 0 unspecified atom stereocenters. The summed E-state index contributed by atoms with van der Waals surface area (Å²) in [5, 5.41) is 17.7. The Morgan fingerprint density at radius 1 is 1.44 bits per heavy atom. The van der Waals surface area contributed by atoms with E-state index in [-0.39, 0.29) is 5.69 Å². The van der Waals surface area contributed by atoms with Crippen molar-refractivity contribution in [1.82, 2.24) is 9.78 Å². The van der Waals surface area contributed by atoms with Crippen LogP contribution in [0.2, 0.25) is 0 Å². The maximum absolute atomic E-state index is 13.4. The summed E-state index contributed by atoms with van der Waals surface area (Å²) in [4.78, 5) is 10.1. The number of hydrogen-bond donors (Lipinski definition) is 1. The van der Waals surface area contributed by atoms with Crippen molar-refractivity contribution in [1.29, 1.82) is 0 Å². The second kappa shape index (κ2) is 4.44. The van der Waals surface area contributed by atoms with E-state index in [9.17, 15) is 14.5 Å². The zero-order valence-electron chi connectivity index (χ0n) is 9.85. The number of nitro benzene ring substituents is 1. The number of nitrogens with one attached hydrogen (secondary N) is 1. The lowest BCUT2D eigenvalue weighted by Crippen LogP contribution is -1.99. The Labute approximate surface area is 102 Å². The zero-order chi connectivity index (χ0) is 13.3. The highest BCUT2D eigenvalue weighted by Gasteiger charge is 2.20. The average molecular weight is 250 g/mol. The number of nitrogens with zero attached hydrogens (tertiary/aromatic N) is 3. The van der Waals surface area contributed by atoms with E-state index in [0.29, 0.717) is 11.4 Å². The van der Waals surface area contributed by atoms with Crippen LogP contribution < -0.4 is 5.32 Å². The molecule has 0 amide bonds. The van der Waals surface area contributed by atoms with E-state index < -0.39 is 16.4 Å². The van der Waals surface area contributed by atoms with Gasteiger partial charge in [-0.3, -0.25) is 14.8 Å². The van der Waals surface area contributed by atoms with E-state index in [1.807, 2.05) is 0 Å². The Morgan fingerprint density at radius 3 is 2.72 bits per heavy atom. The van der Waals surface area contributed by atoms with E-state index in [0.717, 1.165) is 6.07 Å². The highest BCUT2D eigenvalue weighted by atomic mass is 19.1. The second-order valence-corrected chi connectivity index (χ2v) is 3.82. The van der Waals surface area contributed by atoms with Crippen molar-refractivity contribution >= 4 is 17.1 Å². The third-order valence-corrected chi connectivity index (χ3v) is 2.45. The maximum Gasteiger partial charge on any atom is 0.327 e. The van der Waals surface area contributed by atoms with Gasteiger partial charge in [-0.25, -0.2) is 0 Å². The quantitative estimate of drug-likeness (QED) is 0.671. The van der Waals surface area contributed by atoms with Gasteiger partial charge in [0, 0.05) is 13.2 Å². The molecule has 0 spiro atoms. The molecule has 0 bridgehead atoms. The summed E-state index contributed by atoms with van der Waals surface area (Å²) in [7, 11) is 1.73. The summed E-state index contributed by atoms with van der Waals surface area (Å²) in [6.07, 6.45) is 1.67. The molecule has 1 aromatic carbocycles. The SMILES string of the molecule is Cc1nn(C)cc1Nc1cccc(F)c1[N+](=O)[O-]. The highest BCUT2D eigenvalue weighted by Crippen LogP contribution is 2.30. The van der Waals surface area contributed by atoms with Crippen LogP contribution in [0.1, 0.15) is 5.69 Å². The van der Waals surface area contributed by atoms with Gasteiger partial charge in [0.05, 0.1) is 16.3 Å². The molecule has 1 aromatic heterocycles. The molecule has 0 aliphatic heterocycles. The average Bonchev–Trinajstić information content (AvgIpc) is 2.57. The van der Waals surface area contributed by atoms with E-state index in [4.69, 9.17) is 0 Å². The zero-order valence-corrected chi connectivity index (χ0v) is 9.85. The van der Waals surface area contributed by atoms with Gasteiger partial charge in [-0.05, 0) is 19.1 Å². The molecule has 18 heavy (non-hydrogen) atoms. The number of halogens is 1. The van der Waals surface area contributed by atoms with Crippen LogP contribution in [0, 0.1) is 22.9 Å². The Balaban J connectivity index is 2.43. The monoisotopic (exact) mass is 250 g/mol. The first-order valence-corrected chi connectivity index (χ1v) is 5.19. The number of para-hydroxylation sites is 1. The van der Waals surface area contributed by atoms with Crippen LogP contribution in [0.4, 0.5) is 21.5 Å². The largest absolute Gasteiger partial charge is 0.347 e. The number of nitro groups is 1. The van der Waals surface area contributed by atoms with Crippen LogP contribution in [0.25, 0.3) is 0 Å². The van der Waals surface area contributed by atoms with Gasteiger partial charge in [0.15, 0.2) is 0 Å². The second-order valence-electron chi connectivity index (χ2n) is 3.82. The summed E-state index contributed by atoms with van der Waals surface area (Å²) >= 11 is 0. The molecule has 0 saturated heterocycles. The Morgan fingerprint density at radius 2 is 2.17 bits per heavy atom. The van der Waals surface area contributed by atoms with Crippen molar-refractivity contribution in [3.8, 4) is 0 Å². The Kier molecular flexibility index (Phi) is 2.97. The molecular weight excluding hydrogens is 239 g/mol. The van der Waals surface area contributed by atoms with Crippen molar-refractivity contribution in [2.45, 2.75) is 6.92 Å². The fourth-order valence-corrected chi connectivity index (χ4v) is 1.67. The molecule has 94 valence electrons. The van der Waals surface area contributed by atoms with Gasteiger partial charge < -0.3 is 5.32 Å². The lowest BCUT2D eigenvalue weighted by atomic mass is 10.2. The van der Waals surface area contributed by atoms with Gasteiger partial charge >= 0.3 is 5.69 Å². The molecule has 0 aliphatic rings. The molecule has 1 N–H and O–H groups in total. The minimum absolute atomic E-state index is 0.108. The van der Waals surface area contributed by atoms with Crippen molar-refractivity contribution in [3.63, 3.8) is 0 Å². The number of aryl methyl sites for hydroxylation is 2. The normalized spacial score (nSPS) is 10.4. The van der Waals surface area contributed by atoms with Gasteiger partial charge in [0.1, 0.15) is 5.69 Å². The van der Waals surface area contributed by atoms with Crippen molar-refractivity contribution in [2.75, 3.05) is 5.32 Å². The smallest absolute Gasteiger partial charge is 0.327 e. The maximum atomic E-state index is 13.4. The van der Waals surface area contributed by atoms with Gasteiger partial charge in [0.2, 0.25) is 5.82 Å². The first-order chi connectivity index (χ1) is 8.49. The molecule has 2 rings (SSSR count). The molecule has 1 heterocycles. The van der Waals surface area contributed by atoms with E-state index in [1.54, 1.807) is 24.9 Å². The summed E-state index contributed by atoms with van der Waals surface area (Å²) in [6.45, 7) is 1.76. The molecule has 0 fully saturated rings. The van der Waals surface area contributed by atoms with Crippen LogP contribution in [0.3, 0.4) is 0 Å². The minimum atomic E-state index is -0.869. The van der Waals surface area contributed by atoms with E-state index in [1.165, 1.54) is 12.1 Å². The summed E-state index contributed by atoms with van der Waals surface area (Å²) < 4.78 is 15.0. The number of anilines is 2. The molecule has 0 radical (unpaired) electrons. The standard InChI is InChI=1S/C11H11FN4O2/c1-7-10(6-15(2)14-7)13-9-5-3-4-8(12)11(9)16(17)18/h3-6,13H,1-2H3. The minimum Gasteiger partial charge on any atom is -0.347 e. The first-order valence-electron chi connectivity index (χ1n) is 5.19. The number of aromatic nitrogens is 2. The number of rotatable bonds is 3. The van der Waals surface area contributed by atoms with Gasteiger partial charge in [-0.1, -0.05) is 6.07 Å². The fourth-order valence-electron chi connectivity index (χ4n) is 1.67. The number of benzene rings is 1. The Bertz CT molecular complexity index is 609. The molecular formula is C11H11FN4O2. The lowest BCUT2D eigenvalue weighted by Gasteiger charge is -2.05. The van der Waals surface area contributed by atoms with Crippen molar-refractivity contribution in [3.05, 3.63) is 46.0 Å². The fraction of sp³-hybridized carbons (Fsp3) is 0.182.